The van der Waals surface area contributed by atoms with Crippen LogP contribution in [0.25, 0.3) is 10.9 Å². The van der Waals surface area contributed by atoms with Gasteiger partial charge in [-0.3, -0.25) is 19.1 Å². The van der Waals surface area contributed by atoms with Crippen LogP contribution >= 0.6 is 11.6 Å². The van der Waals surface area contributed by atoms with Crippen molar-refractivity contribution in [3.63, 3.8) is 0 Å². The zero-order valence-electron chi connectivity index (χ0n) is 21.5. The lowest BCUT2D eigenvalue weighted by molar-refractivity contribution is -0.139. The highest BCUT2D eigenvalue weighted by Crippen LogP contribution is 2.23. The number of nitrogens with one attached hydrogen (secondary N) is 1. The number of likely N-dealkylation sites (tertiary alicyclic amines) is 1. The fourth-order valence-electron chi connectivity index (χ4n) is 4.72. The molecule has 0 aliphatic carbocycles. The lowest BCUT2D eigenvalue weighted by Crippen LogP contribution is -2.46. The minimum atomic E-state index is -0.787. The molecule has 9 nitrogen and oxygen atoms in total. The molecule has 1 fully saturated rings. The van der Waals surface area contributed by atoms with Gasteiger partial charge in [-0.25, -0.2) is 9.37 Å². The molecule has 0 radical (unpaired) electrons. The second kappa shape index (κ2) is 11.7. The number of amides is 3. The highest BCUT2D eigenvalue weighted by Gasteiger charge is 2.34. The number of primary amides is 1. The molecule has 208 valence electrons. The number of pyridine rings is 1. The van der Waals surface area contributed by atoms with Gasteiger partial charge in [-0.2, -0.15) is 9.49 Å². The molecular formula is C29H23ClF2N6O3. The van der Waals surface area contributed by atoms with Crippen LogP contribution in [0.2, 0.25) is 5.02 Å². The summed E-state index contributed by atoms with van der Waals surface area (Å²) < 4.78 is 28.9. The van der Waals surface area contributed by atoms with E-state index in [0.29, 0.717) is 35.9 Å². The molecule has 2 aromatic heterocycles. The van der Waals surface area contributed by atoms with Crippen LogP contribution < -0.4 is 11.1 Å². The Kier molecular flexibility index (Phi) is 7.94. The molecule has 1 aliphatic rings. The number of fused-ring (bicyclic) bond motifs is 1. The van der Waals surface area contributed by atoms with E-state index in [4.69, 9.17) is 17.3 Å². The fourth-order valence-corrected chi connectivity index (χ4v) is 4.91. The summed E-state index contributed by atoms with van der Waals surface area (Å²) in [6.45, 7) is 0.0446. The van der Waals surface area contributed by atoms with Crippen LogP contribution in [0.15, 0.2) is 54.6 Å². The van der Waals surface area contributed by atoms with Crippen LogP contribution in [0.1, 0.15) is 40.2 Å². The largest absolute Gasteiger partial charge is 0.364 e. The molecule has 1 atom stereocenters. The second-order valence-corrected chi connectivity index (χ2v) is 9.78. The Labute approximate surface area is 238 Å². The molecule has 2 aromatic carbocycles. The molecule has 5 rings (SSSR count). The number of hydrogen-bond donors (Lipinski definition) is 2. The molecule has 0 unspecified atom stereocenters. The zero-order chi connectivity index (χ0) is 29.1. The molecule has 3 N–H and O–H groups in total. The maximum absolute atomic E-state index is 14.2. The molecule has 0 saturated carbocycles. The third-order valence-electron chi connectivity index (χ3n) is 6.68. The average Bonchev–Trinajstić information content (AvgIpc) is 3.58. The third-order valence-corrected chi connectivity index (χ3v) is 6.97. The van der Waals surface area contributed by atoms with Crippen molar-refractivity contribution in [1.29, 1.82) is 0 Å². The average molecular weight is 577 g/mol. The zero-order valence-corrected chi connectivity index (χ0v) is 22.3. The molecule has 0 spiro atoms. The van der Waals surface area contributed by atoms with E-state index in [9.17, 15) is 23.2 Å². The van der Waals surface area contributed by atoms with Crippen LogP contribution in [0.5, 0.6) is 0 Å². The Morgan fingerprint density at radius 1 is 1.10 bits per heavy atom. The number of nitrogens with two attached hydrogens (primary N) is 1. The van der Waals surface area contributed by atoms with Crippen molar-refractivity contribution in [3.05, 3.63) is 93.9 Å². The summed E-state index contributed by atoms with van der Waals surface area (Å²) in [6, 6.07) is 13.0. The van der Waals surface area contributed by atoms with Gasteiger partial charge in [0.25, 0.3) is 5.91 Å². The van der Waals surface area contributed by atoms with Gasteiger partial charge >= 0.3 is 0 Å². The van der Waals surface area contributed by atoms with Gasteiger partial charge in [0.15, 0.2) is 5.69 Å². The lowest BCUT2D eigenvalue weighted by atomic mass is 10.1. The van der Waals surface area contributed by atoms with E-state index >= 15 is 0 Å². The third kappa shape index (κ3) is 6.02. The highest BCUT2D eigenvalue weighted by atomic mass is 35.5. The maximum atomic E-state index is 14.2. The first-order chi connectivity index (χ1) is 19.7. The van der Waals surface area contributed by atoms with E-state index in [-0.39, 0.29) is 41.0 Å². The summed E-state index contributed by atoms with van der Waals surface area (Å²) in [6.07, 6.45) is 1.06. The summed E-state index contributed by atoms with van der Waals surface area (Å²) in [7, 11) is 0. The standard InChI is InChI=1S/C29H23ClF2N6O3/c30-21-6-1-4-18(26(21)32)15-34-29(41)23-7-3-13-37(23)25(39)16-38-22-12-10-17(14-20(22)27(36-38)28(33)40)9-11-19-5-2-8-24(31)35-19/h1-2,4-6,8,10,12,14,23H,3,7,13,15-16H2,(H2,33,40)(H,34,41)/t23-/m0/s1. The van der Waals surface area contributed by atoms with E-state index in [0.717, 1.165) is 0 Å². The number of hydrogen-bond acceptors (Lipinski definition) is 5. The summed E-state index contributed by atoms with van der Waals surface area (Å²) in [5, 5.41) is 7.30. The van der Waals surface area contributed by atoms with E-state index in [2.05, 4.69) is 27.2 Å². The first kappa shape index (κ1) is 27.7. The molecular weight excluding hydrogens is 554 g/mol. The van der Waals surface area contributed by atoms with Crippen molar-refractivity contribution in [2.75, 3.05) is 6.54 Å². The van der Waals surface area contributed by atoms with Crippen LogP contribution in [0.4, 0.5) is 8.78 Å². The molecule has 3 heterocycles. The topological polar surface area (TPSA) is 123 Å². The van der Waals surface area contributed by atoms with Crippen molar-refractivity contribution in [1.82, 2.24) is 25.0 Å². The van der Waals surface area contributed by atoms with Gasteiger partial charge in [-0.15, -0.1) is 0 Å². The summed E-state index contributed by atoms with van der Waals surface area (Å²) in [5.74, 6) is 2.80. The van der Waals surface area contributed by atoms with Gasteiger partial charge in [0.1, 0.15) is 24.1 Å². The first-order valence-corrected chi connectivity index (χ1v) is 13.0. The minimum Gasteiger partial charge on any atom is -0.364 e. The predicted octanol–water partition coefficient (Wildman–Crippen LogP) is 3.17. The number of nitrogens with zero attached hydrogens (tertiary/aromatic N) is 4. The van der Waals surface area contributed by atoms with E-state index < -0.39 is 29.6 Å². The monoisotopic (exact) mass is 576 g/mol. The number of aromatic nitrogens is 3. The maximum Gasteiger partial charge on any atom is 0.269 e. The van der Waals surface area contributed by atoms with Crippen LogP contribution in [-0.2, 0) is 22.7 Å². The quantitative estimate of drug-likeness (QED) is 0.270. The minimum absolute atomic E-state index is 0.0420. The van der Waals surface area contributed by atoms with Crippen molar-refractivity contribution in [2.24, 2.45) is 5.73 Å². The Bertz CT molecular complexity index is 1750. The van der Waals surface area contributed by atoms with E-state index in [1.807, 2.05) is 0 Å². The van der Waals surface area contributed by atoms with E-state index in [1.54, 1.807) is 30.3 Å². The molecule has 3 amide bonds. The number of rotatable bonds is 6. The second-order valence-electron chi connectivity index (χ2n) is 9.37. The SMILES string of the molecule is NC(=O)c1nn(CC(=O)N2CCC[C@H]2C(=O)NCc2cccc(Cl)c2F)c2ccc(C#Cc3cccc(F)n3)cc12. The van der Waals surface area contributed by atoms with Gasteiger partial charge in [-0.1, -0.05) is 35.7 Å². The van der Waals surface area contributed by atoms with Crippen LogP contribution in [0, 0.1) is 23.6 Å². The fraction of sp³-hybridized carbons (Fsp3) is 0.207. The van der Waals surface area contributed by atoms with Gasteiger partial charge in [-0.05, 0) is 55.2 Å². The number of halogens is 3. The van der Waals surface area contributed by atoms with Crippen molar-refractivity contribution in [2.45, 2.75) is 32.0 Å². The number of carbonyl (C=O) groups excluding carboxylic acids is 3. The van der Waals surface area contributed by atoms with Gasteiger partial charge in [0.05, 0.1) is 10.5 Å². The Balaban J connectivity index is 1.33. The molecule has 1 saturated heterocycles. The van der Waals surface area contributed by atoms with Crippen molar-refractivity contribution < 1.29 is 23.2 Å². The normalized spacial score (nSPS) is 14.5. The molecule has 41 heavy (non-hydrogen) atoms. The molecule has 0 bridgehead atoms. The number of benzene rings is 2. The van der Waals surface area contributed by atoms with Crippen LogP contribution in [0.3, 0.4) is 0 Å². The molecule has 1 aliphatic heterocycles. The smallest absolute Gasteiger partial charge is 0.269 e. The van der Waals surface area contributed by atoms with Crippen molar-refractivity contribution in [3.8, 4) is 11.8 Å². The Hall–Kier alpha value is -4.82. The van der Waals surface area contributed by atoms with Crippen molar-refractivity contribution >= 4 is 40.2 Å². The first-order valence-electron chi connectivity index (χ1n) is 12.7. The van der Waals surface area contributed by atoms with Crippen LogP contribution in [-0.4, -0.2) is 50.0 Å². The van der Waals surface area contributed by atoms with Gasteiger partial charge < -0.3 is 16.0 Å². The lowest BCUT2D eigenvalue weighted by Gasteiger charge is -2.24. The highest BCUT2D eigenvalue weighted by molar-refractivity contribution is 6.30. The Morgan fingerprint density at radius 3 is 2.68 bits per heavy atom. The predicted molar refractivity (Wildman–Crippen MR) is 146 cm³/mol. The molecule has 4 aromatic rings. The summed E-state index contributed by atoms with van der Waals surface area (Å²) in [4.78, 5) is 43.5. The summed E-state index contributed by atoms with van der Waals surface area (Å²) >= 11 is 5.82. The van der Waals surface area contributed by atoms with Gasteiger partial charge in [0.2, 0.25) is 17.8 Å². The van der Waals surface area contributed by atoms with Gasteiger partial charge in [0, 0.05) is 29.6 Å². The Morgan fingerprint density at radius 2 is 1.90 bits per heavy atom. The summed E-state index contributed by atoms with van der Waals surface area (Å²) in [5.41, 5.74) is 6.96. The number of carbonyl (C=O) groups is 3. The molecule has 12 heteroatoms. The van der Waals surface area contributed by atoms with E-state index in [1.165, 1.54) is 33.8 Å².